The standard InChI is InChI=1S/C12H15BrN2O2/c13-10-4-2-1-3-8(10)6-15-12(17)11-5-9(16)7-14-11/h1-4,9,11,14,16H,5-7H2,(H,15,17)/t9-,11-/m0/s1. The predicted molar refractivity (Wildman–Crippen MR) is 68.4 cm³/mol. The highest BCUT2D eigenvalue weighted by molar-refractivity contribution is 9.10. The van der Waals surface area contributed by atoms with E-state index >= 15 is 0 Å². The fourth-order valence-electron chi connectivity index (χ4n) is 1.86. The minimum Gasteiger partial charge on any atom is -0.392 e. The Balaban J connectivity index is 1.86. The van der Waals surface area contributed by atoms with Crippen molar-refractivity contribution in [2.24, 2.45) is 0 Å². The van der Waals surface area contributed by atoms with Crippen molar-refractivity contribution in [1.29, 1.82) is 0 Å². The average Bonchev–Trinajstić information content (AvgIpc) is 2.74. The van der Waals surface area contributed by atoms with Gasteiger partial charge in [-0.1, -0.05) is 34.1 Å². The molecule has 0 aliphatic carbocycles. The maximum absolute atomic E-state index is 11.8. The van der Waals surface area contributed by atoms with Crippen molar-refractivity contribution in [3.05, 3.63) is 34.3 Å². The summed E-state index contributed by atoms with van der Waals surface area (Å²) in [6.45, 7) is 0.988. The van der Waals surface area contributed by atoms with Crippen LogP contribution >= 0.6 is 15.9 Å². The van der Waals surface area contributed by atoms with Crippen molar-refractivity contribution < 1.29 is 9.90 Å². The second-order valence-electron chi connectivity index (χ2n) is 4.16. The van der Waals surface area contributed by atoms with Crippen LogP contribution in [0, 0.1) is 0 Å². The first kappa shape index (κ1) is 12.5. The topological polar surface area (TPSA) is 61.4 Å². The first-order valence-corrected chi connectivity index (χ1v) is 6.38. The zero-order valence-corrected chi connectivity index (χ0v) is 10.9. The highest BCUT2D eigenvalue weighted by atomic mass is 79.9. The van der Waals surface area contributed by atoms with E-state index in [1.54, 1.807) is 0 Å². The lowest BCUT2D eigenvalue weighted by Gasteiger charge is -2.11. The van der Waals surface area contributed by atoms with E-state index in [1.165, 1.54) is 0 Å². The molecule has 5 heteroatoms. The molecular weight excluding hydrogens is 284 g/mol. The summed E-state index contributed by atoms with van der Waals surface area (Å²) < 4.78 is 0.986. The summed E-state index contributed by atoms with van der Waals surface area (Å²) >= 11 is 3.43. The Morgan fingerprint density at radius 2 is 2.29 bits per heavy atom. The third-order valence-corrected chi connectivity index (χ3v) is 3.61. The van der Waals surface area contributed by atoms with Crippen molar-refractivity contribution in [2.45, 2.75) is 25.1 Å². The van der Waals surface area contributed by atoms with Crippen LogP contribution in [0.25, 0.3) is 0 Å². The molecular formula is C12H15BrN2O2. The second kappa shape index (κ2) is 5.62. The Kier molecular flexibility index (Phi) is 4.15. The number of nitrogens with one attached hydrogen (secondary N) is 2. The fourth-order valence-corrected chi connectivity index (χ4v) is 2.29. The predicted octanol–water partition coefficient (Wildman–Crippen LogP) is 0.788. The van der Waals surface area contributed by atoms with Gasteiger partial charge in [0.2, 0.25) is 5.91 Å². The van der Waals surface area contributed by atoms with Crippen molar-refractivity contribution in [3.8, 4) is 0 Å². The summed E-state index contributed by atoms with van der Waals surface area (Å²) in [6.07, 6.45) is 0.0798. The molecule has 17 heavy (non-hydrogen) atoms. The third kappa shape index (κ3) is 3.28. The third-order valence-electron chi connectivity index (χ3n) is 2.84. The van der Waals surface area contributed by atoms with Gasteiger partial charge in [-0.15, -0.1) is 0 Å². The lowest BCUT2D eigenvalue weighted by atomic mass is 10.2. The molecule has 2 rings (SSSR count). The van der Waals surface area contributed by atoms with Crippen LogP contribution in [-0.4, -0.2) is 29.7 Å². The van der Waals surface area contributed by atoms with Gasteiger partial charge in [-0.2, -0.15) is 0 Å². The van der Waals surface area contributed by atoms with E-state index in [2.05, 4.69) is 26.6 Å². The van der Waals surface area contributed by atoms with Gasteiger partial charge < -0.3 is 15.7 Å². The molecule has 1 fully saturated rings. The number of carbonyl (C=O) groups excluding carboxylic acids is 1. The van der Waals surface area contributed by atoms with Crippen molar-refractivity contribution in [2.75, 3.05) is 6.54 Å². The lowest BCUT2D eigenvalue weighted by Crippen LogP contribution is -2.40. The van der Waals surface area contributed by atoms with Crippen molar-refractivity contribution in [3.63, 3.8) is 0 Å². The molecule has 0 saturated carbocycles. The number of rotatable bonds is 3. The highest BCUT2D eigenvalue weighted by Gasteiger charge is 2.27. The summed E-state index contributed by atoms with van der Waals surface area (Å²) in [7, 11) is 0. The fraction of sp³-hybridized carbons (Fsp3) is 0.417. The van der Waals surface area contributed by atoms with E-state index in [4.69, 9.17) is 0 Å². The van der Waals surface area contributed by atoms with Crippen LogP contribution in [-0.2, 0) is 11.3 Å². The van der Waals surface area contributed by atoms with E-state index in [0.717, 1.165) is 10.0 Å². The van der Waals surface area contributed by atoms with Crippen LogP contribution in [0.15, 0.2) is 28.7 Å². The van der Waals surface area contributed by atoms with Crippen LogP contribution in [0.4, 0.5) is 0 Å². The lowest BCUT2D eigenvalue weighted by molar-refractivity contribution is -0.123. The van der Waals surface area contributed by atoms with Gasteiger partial charge in [0.25, 0.3) is 0 Å². The van der Waals surface area contributed by atoms with Gasteiger partial charge in [0.1, 0.15) is 0 Å². The largest absolute Gasteiger partial charge is 0.392 e. The number of hydrogen-bond donors (Lipinski definition) is 3. The number of carbonyl (C=O) groups is 1. The second-order valence-corrected chi connectivity index (χ2v) is 5.01. The number of amides is 1. The number of aliphatic hydroxyl groups excluding tert-OH is 1. The number of β-amino-alcohol motifs (C(OH)–C–C–N with tert-alkyl or cyclic N) is 1. The van der Waals surface area contributed by atoms with Gasteiger partial charge in [0, 0.05) is 17.6 Å². The Bertz CT molecular complexity index is 411. The quantitative estimate of drug-likeness (QED) is 0.773. The molecule has 3 N–H and O–H groups in total. The molecule has 4 nitrogen and oxygen atoms in total. The van der Waals surface area contributed by atoms with Gasteiger partial charge in [-0.3, -0.25) is 4.79 Å². The van der Waals surface area contributed by atoms with E-state index < -0.39 is 6.10 Å². The maximum Gasteiger partial charge on any atom is 0.237 e. The van der Waals surface area contributed by atoms with Crippen LogP contribution < -0.4 is 10.6 Å². The number of benzene rings is 1. The molecule has 1 aliphatic heterocycles. The van der Waals surface area contributed by atoms with E-state index in [1.807, 2.05) is 24.3 Å². The average molecular weight is 299 g/mol. The monoisotopic (exact) mass is 298 g/mol. The van der Waals surface area contributed by atoms with Crippen molar-refractivity contribution in [1.82, 2.24) is 10.6 Å². The molecule has 92 valence electrons. The molecule has 1 saturated heterocycles. The molecule has 0 radical (unpaired) electrons. The SMILES string of the molecule is O=C(NCc1ccccc1Br)[C@@H]1C[C@H](O)CN1. The van der Waals surface area contributed by atoms with Crippen LogP contribution in [0.5, 0.6) is 0 Å². The molecule has 1 heterocycles. The van der Waals surface area contributed by atoms with Crippen LogP contribution in [0.1, 0.15) is 12.0 Å². The number of aliphatic hydroxyl groups is 1. The van der Waals surface area contributed by atoms with Crippen LogP contribution in [0.3, 0.4) is 0 Å². The van der Waals surface area contributed by atoms with Gasteiger partial charge in [-0.25, -0.2) is 0 Å². The molecule has 1 aliphatic rings. The molecule has 1 aromatic rings. The molecule has 2 atom stereocenters. The Hall–Kier alpha value is -0.910. The van der Waals surface area contributed by atoms with Gasteiger partial charge >= 0.3 is 0 Å². The summed E-state index contributed by atoms with van der Waals surface area (Å²) in [5.74, 6) is -0.0581. The first-order chi connectivity index (χ1) is 8.16. The summed E-state index contributed by atoms with van der Waals surface area (Å²) in [5, 5.41) is 15.2. The van der Waals surface area contributed by atoms with E-state index in [-0.39, 0.29) is 11.9 Å². The molecule has 1 amide bonds. The van der Waals surface area contributed by atoms with Crippen molar-refractivity contribution >= 4 is 21.8 Å². The smallest absolute Gasteiger partial charge is 0.237 e. The zero-order chi connectivity index (χ0) is 12.3. The van der Waals surface area contributed by atoms with E-state index in [0.29, 0.717) is 19.5 Å². The Labute approximate surface area is 109 Å². The summed E-state index contributed by atoms with van der Waals surface area (Å²) in [6, 6.07) is 7.50. The highest BCUT2D eigenvalue weighted by Crippen LogP contribution is 2.15. The molecule has 0 unspecified atom stereocenters. The Morgan fingerprint density at radius 3 is 2.94 bits per heavy atom. The van der Waals surface area contributed by atoms with E-state index in [9.17, 15) is 9.90 Å². The minimum absolute atomic E-state index is 0.0581. The minimum atomic E-state index is -0.408. The first-order valence-electron chi connectivity index (χ1n) is 5.59. The van der Waals surface area contributed by atoms with Crippen LogP contribution in [0.2, 0.25) is 0 Å². The molecule has 0 spiro atoms. The van der Waals surface area contributed by atoms with Gasteiger partial charge in [0.05, 0.1) is 12.1 Å². The zero-order valence-electron chi connectivity index (χ0n) is 9.32. The van der Waals surface area contributed by atoms with Gasteiger partial charge in [-0.05, 0) is 18.1 Å². The normalized spacial score (nSPS) is 23.6. The molecule has 1 aromatic carbocycles. The maximum atomic E-state index is 11.8. The van der Waals surface area contributed by atoms with Gasteiger partial charge in [0.15, 0.2) is 0 Å². The summed E-state index contributed by atoms with van der Waals surface area (Å²) in [4.78, 5) is 11.8. The molecule has 0 bridgehead atoms. The summed E-state index contributed by atoms with van der Waals surface area (Å²) in [5.41, 5.74) is 1.04. The Morgan fingerprint density at radius 1 is 1.53 bits per heavy atom. The number of hydrogen-bond acceptors (Lipinski definition) is 3. The molecule has 0 aromatic heterocycles. The number of halogens is 1.